The molecule has 0 aliphatic heterocycles. The molecular formula is C19H22BrN3O3. The number of aromatic nitrogens is 1. The maximum atomic E-state index is 11.8. The summed E-state index contributed by atoms with van der Waals surface area (Å²) in [5.74, 6) is -0.527. The molecule has 1 aromatic heterocycles. The summed E-state index contributed by atoms with van der Waals surface area (Å²) >= 11 is 3.45. The van der Waals surface area contributed by atoms with Crippen molar-refractivity contribution in [1.29, 1.82) is 5.26 Å². The van der Waals surface area contributed by atoms with Gasteiger partial charge in [0.1, 0.15) is 6.07 Å². The van der Waals surface area contributed by atoms with Crippen molar-refractivity contribution in [1.82, 2.24) is 4.57 Å². The van der Waals surface area contributed by atoms with Crippen LogP contribution >= 0.6 is 15.9 Å². The fourth-order valence-corrected chi connectivity index (χ4v) is 4.17. The average molecular weight is 420 g/mol. The van der Waals surface area contributed by atoms with Crippen LogP contribution in [0.15, 0.2) is 22.8 Å². The molecule has 0 radical (unpaired) electrons. The predicted molar refractivity (Wildman–Crippen MR) is 102 cm³/mol. The number of amides is 1. The van der Waals surface area contributed by atoms with Crippen molar-refractivity contribution >= 4 is 32.7 Å². The highest BCUT2D eigenvalue weighted by molar-refractivity contribution is 9.10. The Morgan fingerprint density at radius 1 is 1.35 bits per heavy atom. The summed E-state index contributed by atoms with van der Waals surface area (Å²) in [5, 5.41) is 10.2. The molecule has 1 amide bonds. The van der Waals surface area contributed by atoms with Gasteiger partial charge in [-0.05, 0) is 37.8 Å². The number of nitrogens with two attached hydrogens (primary N) is 1. The highest BCUT2D eigenvalue weighted by Crippen LogP contribution is 2.36. The fourth-order valence-electron chi connectivity index (χ4n) is 3.72. The van der Waals surface area contributed by atoms with Crippen molar-refractivity contribution < 1.29 is 14.3 Å². The Labute approximate surface area is 161 Å². The first-order valence-electron chi connectivity index (χ1n) is 8.69. The third-order valence-corrected chi connectivity index (χ3v) is 5.42. The lowest BCUT2D eigenvalue weighted by Gasteiger charge is -2.30. The molecule has 1 aliphatic carbocycles. The van der Waals surface area contributed by atoms with Crippen LogP contribution in [0.5, 0.6) is 0 Å². The van der Waals surface area contributed by atoms with Crippen LogP contribution in [0.3, 0.4) is 0 Å². The minimum Gasteiger partial charge on any atom is -0.382 e. The van der Waals surface area contributed by atoms with E-state index in [1.807, 2.05) is 12.3 Å². The number of nitriles is 1. The Bertz CT molecular complexity index is 848. The van der Waals surface area contributed by atoms with E-state index in [0.717, 1.165) is 35.7 Å². The molecule has 1 aliphatic rings. The molecule has 1 fully saturated rings. The second kappa shape index (κ2) is 8.21. The van der Waals surface area contributed by atoms with E-state index < -0.39 is 5.91 Å². The Morgan fingerprint density at radius 3 is 2.69 bits per heavy atom. The Balaban J connectivity index is 1.88. The Hall–Kier alpha value is -1.88. The van der Waals surface area contributed by atoms with Crippen molar-refractivity contribution in [2.45, 2.75) is 37.8 Å². The number of hydrogen-bond donors (Lipinski definition) is 1. The molecule has 0 atom stereocenters. The quantitative estimate of drug-likeness (QED) is 0.724. The van der Waals surface area contributed by atoms with Gasteiger partial charge in [0.15, 0.2) is 0 Å². The minimum atomic E-state index is -0.527. The molecule has 6 nitrogen and oxygen atoms in total. The van der Waals surface area contributed by atoms with E-state index in [9.17, 15) is 10.1 Å². The SMILES string of the molecule is COCCOC1CCC(n2cc(C#N)c3c(C(N)=O)cc(Br)cc32)CC1. The zero-order valence-electron chi connectivity index (χ0n) is 14.7. The summed E-state index contributed by atoms with van der Waals surface area (Å²) in [6.07, 6.45) is 5.96. The first kappa shape index (κ1) is 18.9. The third kappa shape index (κ3) is 3.78. The standard InChI is InChI=1S/C19H22BrN3O3/c1-25-6-7-26-15-4-2-14(3-5-15)23-11-12(10-21)18-16(19(22)24)8-13(20)9-17(18)23/h8-9,11,14-15H,2-7H2,1H3,(H2,22,24). The van der Waals surface area contributed by atoms with Crippen LogP contribution in [0.25, 0.3) is 10.9 Å². The van der Waals surface area contributed by atoms with E-state index in [2.05, 4.69) is 26.6 Å². The van der Waals surface area contributed by atoms with Gasteiger partial charge in [0, 0.05) is 29.2 Å². The highest BCUT2D eigenvalue weighted by Gasteiger charge is 2.26. The number of rotatable bonds is 6. The normalized spacial score (nSPS) is 20.2. The smallest absolute Gasteiger partial charge is 0.249 e. The summed E-state index contributed by atoms with van der Waals surface area (Å²) in [7, 11) is 1.67. The monoisotopic (exact) mass is 419 g/mol. The van der Waals surface area contributed by atoms with Crippen molar-refractivity contribution in [3.63, 3.8) is 0 Å². The number of primary amides is 1. The third-order valence-electron chi connectivity index (χ3n) is 4.96. The molecule has 2 N–H and O–H groups in total. The summed E-state index contributed by atoms with van der Waals surface area (Å²) in [6, 6.07) is 6.10. The molecule has 0 spiro atoms. The van der Waals surface area contributed by atoms with E-state index >= 15 is 0 Å². The lowest BCUT2D eigenvalue weighted by atomic mass is 9.92. The van der Waals surface area contributed by atoms with Gasteiger partial charge in [-0.3, -0.25) is 4.79 Å². The lowest BCUT2D eigenvalue weighted by Crippen LogP contribution is -2.24. The van der Waals surface area contributed by atoms with Gasteiger partial charge in [-0.2, -0.15) is 5.26 Å². The maximum absolute atomic E-state index is 11.8. The number of benzene rings is 1. The second-order valence-corrected chi connectivity index (χ2v) is 7.48. The lowest BCUT2D eigenvalue weighted by molar-refractivity contribution is -0.00619. The predicted octanol–water partition coefficient (Wildman–Crippen LogP) is 3.52. The largest absolute Gasteiger partial charge is 0.382 e. The average Bonchev–Trinajstić information content (AvgIpc) is 3.00. The summed E-state index contributed by atoms with van der Waals surface area (Å²) in [6.45, 7) is 1.23. The number of nitrogens with zero attached hydrogens (tertiary/aromatic N) is 2. The molecule has 3 rings (SSSR count). The zero-order valence-corrected chi connectivity index (χ0v) is 16.3. The topological polar surface area (TPSA) is 90.3 Å². The fraction of sp³-hybridized carbons (Fsp3) is 0.474. The number of carbonyl (C=O) groups excluding carboxylic acids is 1. The molecule has 0 saturated heterocycles. The van der Waals surface area contributed by atoms with Gasteiger partial charge in [0.2, 0.25) is 5.91 Å². The first-order chi connectivity index (χ1) is 12.5. The molecule has 1 heterocycles. The van der Waals surface area contributed by atoms with Gasteiger partial charge in [0.25, 0.3) is 0 Å². The minimum absolute atomic E-state index is 0.256. The Kier molecular flexibility index (Phi) is 5.97. The van der Waals surface area contributed by atoms with E-state index in [-0.39, 0.29) is 12.1 Å². The van der Waals surface area contributed by atoms with Crippen LogP contribution < -0.4 is 5.73 Å². The molecule has 0 unspecified atom stereocenters. The molecule has 26 heavy (non-hydrogen) atoms. The van der Waals surface area contributed by atoms with Gasteiger partial charge in [-0.1, -0.05) is 15.9 Å². The molecule has 1 aromatic carbocycles. The first-order valence-corrected chi connectivity index (χ1v) is 9.49. The van der Waals surface area contributed by atoms with E-state index in [1.54, 1.807) is 13.2 Å². The van der Waals surface area contributed by atoms with Gasteiger partial charge < -0.3 is 19.8 Å². The number of methoxy groups -OCH3 is 1. The van der Waals surface area contributed by atoms with Crippen molar-refractivity contribution in [3.05, 3.63) is 33.9 Å². The van der Waals surface area contributed by atoms with E-state index in [1.165, 1.54) is 0 Å². The van der Waals surface area contributed by atoms with Crippen molar-refractivity contribution in [2.75, 3.05) is 20.3 Å². The van der Waals surface area contributed by atoms with Gasteiger partial charge in [-0.25, -0.2) is 0 Å². The molecule has 2 aromatic rings. The van der Waals surface area contributed by atoms with Crippen LogP contribution in [0.1, 0.15) is 47.6 Å². The maximum Gasteiger partial charge on any atom is 0.249 e. The molecule has 1 saturated carbocycles. The van der Waals surface area contributed by atoms with Gasteiger partial charge >= 0.3 is 0 Å². The number of hydrogen-bond acceptors (Lipinski definition) is 4. The van der Waals surface area contributed by atoms with Gasteiger partial charge in [-0.15, -0.1) is 0 Å². The number of carbonyl (C=O) groups is 1. The van der Waals surface area contributed by atoms with Crippen LogP contribution in [-0.4, -0.2) is 36.9 Å². The Morgan fingerprint density at radius 2 is 2.08 bits per heavy atom. The zero-order chi connectivity index (χ0) is 18.7. The number of fused-ring (bicyclic) bond motifs is 1. The van der Waals surface area contributed by atoms with Crippen LogP contribution in [-0.2, 0) is 9.47 Å². The number of halogens is 1. The summed E-state index contributed by atoms with van der Waals surface area (Å²) < 4.78 is 13.8. The molecule has 7 heteroatoms. The molecule has 138 valence electrons. The highest BCUT2D eigenvalue weighted by atomic mass is 79.9. The van der Waals surface area contributed by atoms with Crippen molar-refractivity contribution in [3.8, 4) is 6.07 Å². The number of ether oxygens (including phenoxy) is 2. The van der Waals surface area contributed by atoms with Crippen LogP contribution in [0, 0.1) is 11.3 Å². The van der Waals surface area contributed by atoms with Crippen molar-refractivity contribution in [2.24, 2.45) is 5.73 Å². The van der Waals surface area contributed by atoms with E-state index in [4.69, 9.17) is 15.2 Å². The van der Waals surface area contributed by atoms with E-state index in [0.29, 0.717) is 29.7 Å². The van der Waals surface area contributed by atoms with Gasteiger partial charge in [0.05, 0.1) is 36.0 Å². The second-order valence-electron chi connectivity index (χ2n) is 6.57. The molecule has 0 bridgehead atoms. The van der Waals surface area contributed by atoms with Crippen LogP contribution in [0.4, 0.5) is 0 Å². The van der Waals surface area contributed by atoms with Crippen LogP contribution in [0.2, 0.25) is 0 Å². The summed E-state index contributed by atoms with van der Waals surface area (Å²) in [5.41, 5.74) is 7.26. The molecular weight excluding hydrogens is 398 g/mol. The summed E-state index contributed by atoms with van der Waals surface area (Å²) in [4.78, 5) is 11.8.